The fourth-order valence-corrected chi connectivity index (χ4v) is 2.49. The van der Waals surface area contributed by atoms with Crippen LogP contribution >= 0.6 is 23.2 Å². The Morgan fingerprint density at radius 2 is 1.96 bits per heavy atom. The van der Waals surface area contributed by atoms with Crippen LogP contribution in [0.2, 0.25) is 10.0 Å². The molecule has 2 aromatic carbocycles. The molecule has 0 saturated heterocycles. The fraction of sp³-hybridized carbons (Fsp3) is 0.125. The molecule has 2 rings (SSSR count). The number of nitrogens with one attached hydrogen (secondary N) is 1. The van der Waals surface area contributed by atoms with Crippen molar-refractivity contribution in [2.45, 2.75) is 0 Å². The van der Waals surface area contributed by atoms with Crippen LogP contribution < -0.4 is 10.1 Å². The first-order chi connectivity index (χ1) is 12.7. The second-order valence-electron chi connectivity index (χ2n) is 5.00. The van der Waals surface area contributed by atoms with Gasteiger partial charge in [0.25, 0.3) is 11.6 Å². The van der Waals surface area contributed by atoms with Gasteiger partial charge in [0.05, 0.1) is 17.1 Å². The first-order valence-electron chi connectivity index (χ1n) is 7.18. The number of hydrogen-bond acceptors (Lipinski definition) is 6. The van der Waals surface area contributed by atoms with Crippen molar-refractivity contribution in [3.8, 4) is 11.5 Å². The Labute approximate surface area is 161 Å². The summed E-state index contributed by atoms with van der Waals surface area (Å²) in [7, 11) is 1.12. The monoisotopic (exact) mass is 416 g/mol. The van der Waals surface area contributed by atoms with Gasteiger partial charge < -0.3 is 14.8 Å². The van der Waals surface area contributed by atoms with Gasteiger partial charge in [-0.15, -0.1) is 0 Å². The summed E-state index contributed by atoms with van der Waals surface area (Å²) in [5.74, 6) is -2.97. The topological polar surface area (TPSA) is 108 Å². The molecule has 0 heterocycles. The molecule has 0 radical (unpaired) electrons. The molecule has 0 saturated carbocycles. The summed E-state index contributed by atoms with van der Waals surface area (Å²) < 4.78 is 23.7. The summed E-state index contributed by atoms with van der Waals surface area (Å²) in [5, 5.41) is 13.2. The molecule has 0 atom stereocenters. The lowest BCUT2D eigenvalue weighted by molar-refractivity contribution is -0.385. The highest BCUT2D eigenvalue weighted by molar-refractivity contribution is 6.35. The summed E-state index contributed by atoms with van der Waals surface area (Å²) in [6.45, 7) is -0.491. The van der Waals surface area contributed by atoms with Gasteiger partial charge in [-0.1, -0.05) is 23.2 Å². The molecule has 8 nitrogen and oxygen atoms in total. The molecule has 0 unspecified atom stereocenters. The lowest BCUT2D eigenvalue weighted by Gasteiger charge is -2.11. The van der Waals surface area contributed by atoms with Gasteiger partial charge >= 0.3 is 5.97 Å². The van der Waals surface area contributed by atoms with Gasteiger partial charge in [0, 0.05) is 17.2 Å². The predicted octanol–water partition coefficient (Wildman–Crippen LogP) is 3.74. The Morgan fingerprint density at radius 1 is 1.26 bits per heavy atom. The van der Waals surface area contributed by atoms with E-state index in [4.69, 9.17) is 27.9 Å². The zero-order chi connectivity index (χ0) is 20.1. The maximum atomic E-state index is 14.0. The van der Waals surface area contributed by atoms with Gasteiger partial charge in [0.2, 0.25) is 0 Å². The molecule has 0 spiro atoms. The second-order valence-corrected chi connectivity index (χ2v) is 5.84. The van der Waals surface area contributed by atoms with Crippen molar-refractivity contribution >= 4 is 40.8 Å². The van der Waals surface area contributed by atoms with Crippen molar-refractivity contribution in [2.75, 3.05) is 13.7 Å². The number of carbonyl (C=O) groups excluding carboxylic acids is 2. The van der Waals surface area contributed by atoms with Crippen LogP contribution in [-0.4, -0.2) is 30.5 Å². The van der Waals surface area contributed by atoms with Crippen molar-refractivity contribution in [2.24, 2.45) is 0 Å². The van der Waals surface area contributed by atoms with Crippen LogP contribution in [0.4, 0.5) is 10.1 Å². The average Bonchev–Trinajstić information content (AvgIpc) is 2.61. The summed E-state index contributed by atoms with van der Waals surface area (Å²) in [4.78, 5) is 33.6. The van der Waals surface area contributed by atoms with Crippen LogP contribution in [0, 0.1) is 15.9 Å². The number of halogens is 3. The van der Waals surface area contributed by atoms with Crippen molar-refractivity contribution < 1.29 is 28.4 Å². The summed E-state index contributed by atoms with van der Waals surface area (Å²) in [5.41, 5.74) is -0.931. The van der Waals surface area contributed by atoms with Gasteiger partial charge in [-0.2, -0.15) is 0 Å². The zero-order valence-corrected chi connectivity index (χ0v) is 15.1. The van der Waals surface area contributed by atoms with E-state index in [1.54, 1.807) is 0 Å². The molecular weight excluding hydrogens is 406 g/mol. The van der Waals surface area contributed by atoms with E-state index in [1.807, 2.05) is 0 Å². The molecule has 0 aromatic heterocycles. The Bertz CT molecular complexity index is 899. The molecule has 0 aliphatic rings. The molecule has 142 valence electrons. The number of carbonyl (C=O) groups is 2. The van der Waals surface area contributed by atoms with Gasteiger partial charge in [-0.25, -0.2) is 4.39 Å². The number of nitro groups is 1. The molecule has 11 heteroatoms. The third-order valence-corrected chi connectivity index (χ3v) is 3.71. The summed E-state index contributed by atoms with van der Waals surface area (Å²) >= 11 is 11.6. The van der Waals surface area contributed by atoms with Gasteiger partial charge in [0.1, 0.15) is 17.9 Å². The van der Waals surface area contributed by atoms with Crippen LogP contribution in [-0.2, 0) is 9.53 Å². The van der Waals surface area contributed by atoms with E-state index in [9.17, 15) is 24.1 Å². The Kier molecular flexibility index (Phi) is 6.54. The van der Waals surface area contributed by atoms with Crippen LogP contribution in [0.3, 0.4) is 0 Å². The molecule has 1 N–H and O–H groups in total. The number of nitro benzene ring substituents is 1. The minimum absolute atomic E-state index is 0.0522. The Hall–Kier alpha value is -2.91. The maximum absolute atomic E-state index is 14.0. The largest absolute Gasteiger partial charge is 0.468 e. The molecule has 27 heavy (non-hydrogen) atoms. The predicted molar refractivity (Wildman–Crippen MR) is 93.9 cm³/mol. The fourth-order valence-electron chi connectivity index (χ4n) is 1.98. The van der Waals surface area contributed by atoms with Crippen molar-refractivity contribution in [1.82, 2.24) is 5.32 Å². The van der Waals surface area contributed by atoms with Crippen LogP contribution in [0.15, 0.2) is 30.3 Å². The minimum atomic E-state index is -0.916. The van der Waals surface area contributed by atoms with E-state index in [0.717, 1.165) is 25.3 Å². The van der Waals surface area contributed by atoms with Crippen LogP contribution in [0.1, 0.15) is 10.4 Å². The highest BCUT2D eigenvalue weighted by Gasteiger charge is 2.22. The van der Waals surface area contributed by atoms with E-state index in [-0.39, 0.29) is 21.5 Å². The van der Waals surface area contributed by atoms with E-state index in [2.05, 4.69) is 10.1 Å². The normalized spacial score (nSPS) is 10.2. The lowest BCUT2D eigenvalue weighted by Crippen LogP contribution is -2.30. The first-order valence-corrected chi connectivity index (χ1v) is 7.94. The summed E-state index contributed by atoms with van der Waals surface area (Å²) in [6.07, 6.45) is 0. The molecular formula is C16H11Cl2FN2O6. The van der Waals surface area contributed by atoms with E-state index in [0.29, 0.717) is 0 Å². The number of nitrogens with zero attached hydrogens (tertiary/aromatic N) is 1. The van der Waals surface area contributed by atoms with Crippen LogP contribution in [0.25, 0.3) is 0 Å². The number of ether oxygens (including phenoxy) is 2. The van der Waals surface area contributed by atoms with Crippen molar-refractivity contribution in [3.05, 3.63) is 61.9 Å². The first kappa shape index (κ1) is 20.4. The third-order valence-electron chi connectivity index (χ3n) is 3.21. The number of rotatable bonds is 6. The highest BCUT2D eigenvalue weighted by Crippen LogP contribution is 2.35. The number of hydrogen-bond donors (Lipinski definition) is 1. The molecule has 0 aliphatic carbocycles. The van der Waals surface area contributed by atoms with Crippen LogP contribution in [0.5, 0.6) is 11.5 Å². The molecule has 2 aromatic rings. The average molecular weight is 417 g/mol. The third kappa shape index (κ3) is 5.05. The van der Waals surface area contributed by atoms with Gasteiger partial charge in [-0.05, 0) is 18.2 Å². The summed E-state index contributed by atoms with van der Waals surface area (Å²) in [6, 6.07) is 5.41. The second kappa shape index (κ2) is 8.65. The SMILES string of the molecule is COC(=O)CNC(=O)c1cc(Oc2c(F)cc(Cl)cc2Cl)ccc1[N+](=O)[O-]. The van der Waals surface area contributed by atoms with Gasteiger partial charge in [-0.3, -0.25) is 19.7 Å². The lowest BCUT2D eigenvalue weighted by atomic mass is 10.1. The Balaban J connectivity index is 2.36. The smallest absolute Gasteiger partial charge is 0.325 e. The van der Waals surface area contributed by atoms with Crippen molar-refractivity contribution in [1.29, 1.82) is 0 Å². The number of benzene rings is 2. The van der Waals surface area contributed by atoms with E-state index < -0.39 is 40.4 Å². The van der Waals surface area contributed by atoms with E-state index >= 15 is 0 Å². The minimum Gasteiger partial charge on any atom is -0.468 e. The molecule has 0 bridgehead atoms. The van der Waals surface area contributed by atoms with Crippen molar-refractivity contribution in [3.63, 3.8) is 0 Å². The zero-order valence-electron chi connectivity index (χ0n) is 13.6. The maximum Gasteiger partial charge on any atom is 0.325 e. The molecule has 1 amide bonds. The Morgan fingerprint density at radius 3 is 2.56 bits per heavy atom. The standard InChI is InChI=1S/C16H11Cl2FN2O6/c1-26-14(22)7-20-16(23)10-6-9(2-3-13(10)21(24)25)27-15-11(18)4-8(17)5-12(15)19/h2-6H,7H2,1H3,(H,20,23). The van der Waals surface area contributed by atoms with E-state index in [1.165, 1.54) is 12.1 Å². The number of esters is 1. The quantitative estimate of drug-likeness (QED) is 0.436. The molecule has 0 fully saturated rings. The van der Waals surface area contributed by atoms with Gasteiger partial charge in [0.15, 0.2) is 11.6 Å². The molecule has 0 aliphatic heterocycles. The number of methoxy groups -OCH3 is 1. The highest BCUT2D eigenvalue weighted by atomic mass is 35.5. The number of amides is 1.